The maximum absolute atomic E-state index is 13.8. The summed E-state index contributed by atoms with van der Waals surface area (Å²) in [4.78, 5) is 20.0. The predicted molar refractivity (Wildman–Crippen MR) is 150 cm³/mol. The van der Waals surface area contributed by atoms with Gasteiger partial charge >= 0.3 is 0 Å². The molecule has 1 aliphatic heterocycles. The van der Waals surface area contributed by atoms with Gasteiger partial charge in [0.1, 0.15) is 0 Å². The number of nitrogen functional groups attached to an aromatic ring is 1. The Morgan fingerprint density at radius 1 is 1.05 bits per heavy atom. The summed E-state index contributed by atoms with van der Waals surface area (Å²) in [5.74, 6) is -0.162. The van der Waals surface area contributed by atoms with Crippen LogP contribution in [0.5, 0.6) is 0 Å². The molecule has 3 heterocycles. The van der Waals surface area contributed by atoms with E-state index in [-0.39, 0.29) is 5.78 Å². The summed E-state index contributed by atoms with van der Waals surface area (Å²) in [6, 6.07) is 19.3. The molecular formula is C28H30N4O3S2. The maximum Gasteiger partial charge on any atom is 0.162 e. The zero-order valence-corrected chi connectivity index (χ0v) is 22.6. The van der Waals surface area contributed by atoms with E-state index >= 15 is 0 Å². The fourth-order valence-electron chi connectivity index (χ4n) is 4.98. The first-order valence-electron chi connectivity index (χ1n) is 12.3. The molecule has 0 aliphatic carbocycles. The van der Waals surface area contributed by atoms with Gasteiger partial charge in [0.25, 0.3) is 0 Å². The van der Waals surface area contributed by atoms with Crippen molar-refractivity contribution < 1.29 is 13.2 Å². The highest BCUT2D eigenvalue weighted by molar-refractivity contribution is 7.84. The van der Waals surface area contributed by atoms with Crippen LogP contribution < -0.4 is 5.73 Å². The minimum atomic E-state index is -1.58. The number of hydrogen-bond acceptors (Lipinski definition) is 6. The number of pyridine rings is 1. The molecule has 0 radical (unpaired) electrons. The quantitative estimate of drug-likeness (QED) is 0.353. The molecule has 192 valence electrons. The van der Waals surface area contributed by atoms with E-state index in [0.29, 0.717) is 38.1 Å². The monoisotopic (exact) mass is 534 g/mol. The smallest absolute Gasteiger partial charge is 0.162 e. The number of likely N-dealkylation sites (tertiary alicyclic amines) is 1. The van der Waals surface area contributed by atoms with E-state index in [4.69, 9.17) is 5.73 Å². The van der Waals surface area contributed by atoms with Crippen molar-refractivity contribution >= 4 is 44.3 Å². The first-order valence-corrected chi connectivity index (χ1v) is 15.0. The van der Waals surface area contributed by atoms with Crippen LogP contribution in [0.25, 0.3) is 22.3 Å². The van der Waals surface area contributed by atoms with E-state index in [2.05, 4.69) is 22.0 Å². The number of fused-ring (bicyclic) bond motifs is 1. The summed E-state index contributed by atoms with van der Waals surface area (Å²) >= 11 is 0. The molecule has 2 atom stereocenters. The Labute approximate surface area is 221 Å². The number of rotatable bonds is 7. The molecule has 7 nitrogen and oxygen atoms in total. The molecule has 2 N–H and O–H groups in total. The van der Waals surface area contributed by atoms with Crippen LogP contribution in [0.2, 0.25) is 0 Å². The molecule has 0 amide bonds. The molecule has 9 heteroatoms. The number of Topliss-reactive ketones (excluding diaryl/α,β-unsaturated/α-hetero) is 1. The largest absolute Gasteiger partial charge is 0.397 e. The molecule has 5 rings (SSSR count). The zero-order valence-electron chi connectivity index (χ0n) is 20.9. The molecular weight excluding hydrogens is 504 g/mol. The van der Waals surface area contributed by atoms with Crippen molar-refractivity contribution in [1.82, 2.24) is 13.9 Å². The lowest BCUT2D eigenvalue weighted by Gasteiger charge is -2.30. The summed E-state index contributed by atoms with van der Waals surface area (Å²) < 4.78 is 27.2. The van der Waals surface area contributed by atoms with Gasteiger partial charge < -0.3 is 5.73 Å². The molecule has 1 fully saturated rings. The van der Waals surface area contributed by atoms with Crippen LogP contribution in [0.3, 0.4) is 0 Å². The topological polar surface area (TPSA) is 98.3 Å². The van der Waals surface area contributed by atoms with Crippen molar-refractivity contribution in [2.45, 2.75) is 36.5 Å². The van der Waals surface area contributed by atoms with Crippen LogP contribution in [0.4, 0.5) is 5.69 Å². The van der Waals surface area contributed by atoms with Crippen molar-refractivity contribution in [3.05, 3.63) is 78.0 Å². The molecule has 2 unspecified atom stereocenters. The Morgan fingerprint density at radius 2 is 1.73 bits per heavy atom. The Morgan fingerprint density at radius 3 is 2.35 bits per heavy atom. The number of carbonyl (C=O) groups excluding carboxylic acids is 1. The van der Waals surface area contributed by atoms with Crippen LogP contribution in [-0.4, -0.2) is 52.7 Å². The van der Waals surface area contributed by atoms with Crippen LogP contribution in [-0.2, 0) is 28.3 Å². The van der Waals surface area contributed by atoms with Crippen molar-refractivity contribution in [3.8, 4) is 11.3 Å². The number of aromatic nitrogens is 2. The second-order valence-electron chi connectivity index (χ2n) is 9.44. The van der Waals surface area contributed by atoms with Gasteiger partial charge in [-0.05, 0) is 62.2 Å². The molecule has 4 aromatic rings. The van der Waals surface area contributed by atoms with Gasteiger partial charge in [0.2, 0.25) is 0 Å². The number of hydrogen-bond donors (Lipinski definition) is 1. The zero-order chi connectivity index (χ0) is 26.1. The van der Waals surface area contributed by atoms with E-state index in [1.807, 2.05) is 48.5 Å². The Hall–Kier alpha value is -3.14. The Kier molecular flexibility index (Phi) is 7.37. The highest BCUT2D eigenvalue weighted by Crippen LogP contribution is 2.34. The van der Waals surface area contributed by atoms with Gasteiger partial charge in [-0.3, -0.25) is 13.9 Å². The first kappa shape index (κ1) is 25.5. The van der Waals surface area contributed by atoms with Gasteiger partial charge in [-0.1, -0.05) is 42.5 Å². The number of nitrogens with two attached hydrogens (primary N) is 1. The Bertz CT molecular complexity index is 1490. The third kappa shape index (κ3) is 5.16. The van der Waals surface area contributed by atoms with Gasteiger partial charge in [-0.25, -0.2) is 13.2 Å². The minimum absolute atomic E-state index is 0.162. The molecule has 1 saturated heterocycles. The van der Waals surface area contributed by atoms with Crippen molar-refractivity contribution in [2.24, 2.45) is 0 Å². The lowest BCUT2D eigenvalue weighted by atomic mass is 10.1. The van der Waals surface area contributed by atoms with E-state index < -0.39 is 21.8 Å². The molecule has 0 saturated carbocycles. The molecule has 37 heavy (non-hydrogen) atoms. The van der Waals surface area contributed by atoms with E-state index in [9.17, 15) is 13.2 Å². The first-order chi connectivity index (χ1) is 17.8. The van der Waals surface area contributed by atoms with Gasteiger partial charge in [-0.15, -0.1) is 0 Å². The van der Waals surface area contributed by atoms with Crippen LogP contribution >= 0.6 is 0 Å². The maximum atomic E-state index is 13.8. The molecule has 2 aromatic heterocycles. The van der Waals surface area contributed by atoms with Gasteiger partial charge in [-0.2, -0.15) is 0 Å². The second-order valence-corrected chi connectivity index (χ2v) is 12.4. The Balaban J connectivity index is 1.51. The normalized spacial score (nSPS) is 16.6. The number of piperidine rings is 1. The second kappa shape index (κ2) is 10.7. The van der Waals surface area contributed by atoms with Crippen molar-refractivity contribution in [3.63, 3.8) is 0 Å². The molecule has 0 spiro atoms. The molecule has 2 aromatic carbocycles. The summed E-state index contributed by atoms with van der Waals surface area (Å²) in [7, 11) is -2.34. The fourth-order valence-corrected chi connectivity index (χ4v) is 7.10. The van der Waals surface area contributed by atoms with Crippen molar-refractivity contribution in [2.75, 3.05) is 25.1 Å². The molecule has 0 bridgehead atoms. The van der Waals surface area contributed by atoms with Gasteiger partial charge in [0.05, 0.1) is 28.0 Å². The third-order valence-corrected chi connectivity index (χ3v) is 9.73. The number of nitrogens with zero attached hydrogens (tertiary/aromatic N) is 3. The summed E-state index contributed by atoms with van der Waals surface area (Å²) in [5, 5.41) is 0.889. The van der Waals surface area contributed by atoms with E-state index in [1.54, 1.807) is 10.2 Å². The number of benzene rings is 2. The summed E-state index contributed by atoms with van der Waals surface area (Å²) in [6.45, 7) is 4.19. The van der Waals surface area contributed by atoms with Crippen LogP contribution in [0.15, 0.2) is 71.8 Å². The van der Waals surface area contributed by atoms with Crippen LogP contribution in [0.1, 0.15) is 35.7 Å². The lowest BCUT2D eigenvalue weighted by molar-refractivity contribution is 0.102. The van der Waals surface area contributed by atoms with Gasteiger partial charge in [0, 0.05) is 34.2 Å². The average Bonchev–Trinajstić information content (AvgIpc) is 3.28. The fraction of sp³-hybridized carbons (Fsp3) is 0.286. The average molecular weight is 535 g/mol. The van der Waals surface area contributed by atoms with E-state index in [0.717, 1.165) is 38.0 Å². The lowest BCUT2D eigenvalue weighted by Crippen LogP contribution is -2.36. The van der Waals surface area contributed by atoms with Crippen LogP contribution in [0, 0.1) is 0 Å². The SMILES string of the molecule is CC(=O)c1c(N)cnc2c1cc(-c1ccc(CN3CCC(S(C)=O)CC3)cc1)n2S(=O)c1ccccc1. The van der Waals surface area contributed by atoms with E-state index in [1.165, 1.54) is 18.7 Å². The summed E-state index contributed by atoms with van der Waals surface area (Å²) in [5.41, 5.74) is 10.0. The number of ketones is 1. The molecule has 1 aliphatic rings. The van der Waals surface area contributed by atoms with Gasteiger partial charge in [0.15, 0.2) is 22.4 Å². The minimum Gasteiger partial charge on any atom is -0.397 e. The summed E-state index contributed by atoms with van der Waals surface area (Å²) in [6.07, 6.45) is 5.18. The standard InChI is InChI=1S/C28H30N4O3S2/c1-19(33)27-24-16-26(32(28(24)30-17-25(27)29)37(35)23-6-4-3-5-7-23)21-10-8-20(9-11-21)18-31-14-12-22(13-15-31)36(2)34/h3-11,16-17,22H,12-15,18,29H2,1-2H3. The van der Waals surface area contributed by atoms with Crippen molar-refractivity contribution in [1.29, 1.82) is 0 Å². The predicted octanol–water partition coefficient (Wildman–Crippen LogP) is 4.40. The number of carbonyl (C=O) groups is 1. The third-order valence-electron chi connectivity index (χ3n) is 6.94. The highest BCUT2D eigenvalue weighted by Gasteiger charge is 2.24. The highest BCUT2D eigenvalue weighted by atomic mass is 32.2. The number of anilines is 1.